The first-order valence-electron chi connectivity index (χ1n) is 15.9. The molecule has 16 heteroatoms. The summed E-state index contributed by atoms with van der Waals surface area (Å²) < 4.78 is 0. The standard InChI is InChI=1S/C32H45N7O9/c33-10-2-1-3-29(40)25-6-7-26(34-18-25)19-38(23-32(45)46)28(17-24-4-8-27(9-5-24)39(47)48)20-35-11-13-36(21-30(41)42)15-16-37(14-12-35)22-31(43)44/h4-9,18,28H,1-3,10-17,19-23,33H2,(H,41,42)(H,43,44)(H,45,46). The summed E-state index contributed by atoms with van der Waals surface area (Å²) in [6, 6.07) is 8.99. The van der Waals surface area contributed by atoms with Gasteiger partial charge in [0.05, 0.1) is 30.3 Å². The van der Waals surface area contributed by atoms with Crippen LogP contribution in [0.4, 0.5) is 5.69 Å². The Bertz CT molecular complexity index is 1350. The number of rotatable bonds is 19. The lowest BCUT2D eigenvalue weighted by Gasteiger charge is -2.35. The summed E-state index contributed by atoms with van der Waals surface area (Å²) in [5.41, 5.74) is 7.20. The second-order valence-corrected chi connectivity index (χ2v) is 11.9. The van der Waals surface area contributed by atoms with Crippen LogP contribution in [0.5, 0.6) is 0 Å². The van der Waals surface area contributed by atoms with Crippen LogP contribution in [-0.2, 0) is 27.3 Å². The van der Waals surface area contributed by atoms with E-state index in [2.05, 4.69) is 9.88 Å². The van der Waals surface area contributed by atoms with E-state index in [4.69, 9.17) is 5.73 Å². The molecular weight excluding hydrogens is 626 g/mol. The van der Waals surface area contributed by atoms with Crippen molar-refractivity contribution in [2.45, 2.75) is 38.3 Å². The number of nitrogens with two attached hydrogens (primary N) is 1. The number of ketones is 1. The van der Waals surface area contributed by atoms with Gasteiger partial charge in [0.1, 0.15) is 0 Å². The van der Waals surface area contributed by atoms with Crippen LogP contribution in [0.15, 0.2) is 42.6 Å². The first-order valence-corrected chi connectivity index (χ1v) is 15.9. The number of nitro groups is 1. The van der Waals surface area contributed by atoms with Crippen LogP contribution in [0.2, 0.25) is 0 Å². The highest BCUT2D eigenvalue weighted by atomic mass is 16.6. The fourth-order valence-electron chi connectivity index (χ4n) is 5.65. The highest BCUT2D eigenvalue weighted by molar-refractivity contribution is 5.95. The van der Waals surface area contributed by atoms with E-state index in [1.54, 1.807) is 39.0 Å². The molecule has 2 aromatic rings. The molecule has 0 saturated carbocycles. The number of hydrogen-bond acceptors (Lipinski definition) is 12. The van der Waals surface area contributed by atoms with Crippen molar-refractivity contribution < 1.29 is 39.4 Å². The second-order valence-electron chi connectivity index (χ2n) is 11.9. The molecule has 1 aliphatic heterocycles. The first kappa shape index (κ1) is 38.1. The SMILES string of the molecule is NCCCCC(=O)c1ccc(CN(CC(=O)O)C(Cc2ccc([N+](=O)[O-])cc2)CN2CCN(CC(=O)O)CCN(CC(=O)O)CC2)nc1. The molecule has 262 valence electrons. The minimum atomic E-state index is -1.07. The Morgan fingerprint density at radius 3 is 1.92 bits per heavy atom. The third-order valence-electron chi connectivity index (χ3n) is 8.23. The number of nitro benzene ring substituents is 1. The zero-order valence-corrected chi connectivity index (χ0v) is 27.0. The Kier molecular flexibility index (Phi) is 15.5. The molecule has 5 N–H and O–H groups in total. The number of carbonyl (C=O) groups excluding carboxylic acids is 1. The van der Waals surface area contributed by atoms with Crippen molar-refractivity contribution in [3.8, 4) is 0 Å². The van der Waals surface area contributed by atoms with Gasteiger partial charge in [-0.15, -0.1) is 0 Å². The summed E-state index contributed by atoms with van der Waals surface area (Å²) in [6.07, 6.45) is 3.58. The number of carbonyl (C=O) groups is 4. The minimum Gasteiger partial charge on any atom is -0.480 e. The number of hydrogen-bond donors (Lipinski definition) is 4. The zero-order chi connectivity index (χ0) is 35.1. The maximum Gasteiger partial charge on any atom is 0.317 e. The molecular formula is C32H45N7O9. The van der Waals surface area contributed by atoms with Crippen LogP contribution < -0.4 is 5.73 Å². The number of carboxylic acid groups (broad SMARTS) is 3. The van der Waals surface area contributed by atoms with Gasteiger partial charge in [0, 0.05) is 88.7 Å². The molecule has 0 aliphatic carbocycles. The fourth-order valence-corrected chi connectivity index (χ4v) is 5.65. The van der Waals surface area contributed by atoms with Crippen molar-refractivity contribution in [2.75, 3.05) is 72.0 Å². The quantitative estimate of drug-likeness (QED) is 0.0704. The number of non-ortho nitro benzene ring substituents is 1. The number of pyridine rings is 1. The van der Waals surface area contributed by atoms with E-state index in [9.17, 15) is 44.6 Å². The van der Waals surface area contributed by atoms with Gasteiger partial charge in [-0.05, 0) is 43.5 Å². The number of Topliss-reactive ketones (excluding diaryl/α,β-unsaturated/α-hetero) is 1. The Labute approximate surface area is 278 Å². The molecule has 1 aliphatic rings. The fraction of sp³-hybridized carbons (Fsp3) is 0.531. The third kappa shape index (κ3) is 13.4. The molecule has 2 heterocycles. The van der Waals surface area contributed by atoms with Gasteiger partial charge < -0.3 is 21.1 Å². The van der Waals surface area contributed by atoms with E-state index in [0.717, 1.165) is 12.0 Å². The molecule has 1 unspecified atom stereocenters. The molecule has 1 fully saturated rings. The first-order chi connectivity index (χ1) is 22.9. The van der Waals surface area contributed by atoms with Crippen LogP contribution in [0.25, 0.3) is 0 Å². The maximum absolute atomic E-state index is 12.6. The maximum atomic E-state index is 12.6. The average molecular weight is 672 g/mol. The van der Waals surface area contributed by atoms with Crippen molar-refractivity contribution in [1.29, 1.82) is 0 Å². The lowest BCUT2D eigenvalue weighted by molar-refractivity contribution is -0.384. The molecule has 1 atom stereocenters. The number of nitrogens with zero attached hydrogens (tertiary/aromatic N) is 6. The van der Waals surface area contributed by atoms with Gasteiger partial charge >= 0.3 is 17.9 Å². The van der Waals surface area contributed by atoms with E-state index >= 15 is 0 Å². The van der Waals surface area contributed by atoms with Gasteiger partial charge in [-0.25, -0.2) is 0 Å². The van der Waals surface area contributed by atoms with Gasteiger partial charge in [0.15, 0.2) is 5.78 Å². The number of unbranched alkanes of at least 4 members (excludes halogenated alkanes) is 1. The normalized spacial score (nSPS) is 15.7. The summed E-state index contributed by atoms with van der Waals surface area (Å²) in [4.78, 5) is 70.3. The summed E-state index contributed by atoms with van der Waals surface area (Å²) >= 11 is 0. The summed E-state index contributed by atoms with van der Waals surface area (Å²) in [6.45, 7) is 2.68. The van der Waals surface area contributed by atoms with Crippen LogP contribution in [0.1, 0.15) is 40.9 Å². The topological polar surface area (TPSA) is 224 Å². The molecule has 16 nitrogen and oxygen atoms in total. The van der Waals surface area contributed by atoms with E-state index in [-0.39, 0.29) is 37.6 Å². The highest BCUT2D eigenvalue weighted by Gasteiger charge is 2.27. The molecule has 0 spiro atoms. The van der Waals surface area contributed by atoms with Crippen LogP contribution >= 0.6 is 0 Å². The Morgan fingerprint density at radius 1 is 0.854 bits per heavy atom. The number of aliphatic carboxylic acids is 3. The van der Waals surface area contributed by atoms with Crippen molar-refractivity contribution in [2.24, 2.45) is 5.73 Å². The van der Waals surface area contributed by atoms with Crippen LogP contribution in [0, 0.1) is 10.1 Å². The average Bonchev–Trinajstić information content (AvgIpc) is 3.11. The minimum absolute atomic E-state index is 0.0529. The van der Waals surface area contributed by atoms with Crippen molar-refractivity contribution >= 4 is 29.4 Å². The second kappa shape index (κ2) is 19.5. The lowest BCUT2D eigenvalue weighted by atomic mass is 10.0. The number of aromatic nitrogens is 1. The predicted molar refractivity (Wildman–Crippen MR) is 175 cm³/mol. The van der Waals surface area contributed by atoms with Crippen molar-refractivity contribution in [1.82, 2.24) is 24.6 Å². The smallest absolute Gasteiger partial charge is 0.317 e. The Balaban J connectivity index is 1.90. The Hall–Kier alpha value is -4.35. The van der Waals surface area contributed by atoms with Crippen LogP contribution in [0.3, 0.4) is 0 Å². The molecule has 0 amide bonds. The van der Waals surface area contributed by atoms with Gasteiger partial charge in [-0.2, -0.15) is 0 Å². The summed E-state index contributed by atoms with van der Waals surface area (Å²) in [7, 11) is 0. The predicted octanol–water partition coefficient (Wildman–Crippen LogP) is 0.888. The molecule has 1 aromatic heterocycles. The van der Waals surface area contributed by atoms with Gasteiger partial charge in [-0.3, -0.25) is 53.9 Å². The summed E-state index contributed by atoms with van der Waals surface area (Å²) in [5.74, 6) is -3.11. The summed E-state index contributed by atoms with van der Waals surface area (Å²) in [5, 5.41) is 40.0. The molecule has 1 saturated heterocycles. The highest BCUT2D eigenvalue weighted by Crippen LogP contribution is 2.18. The van der Waals surface area contributed by atoms with E-state index in [1.165, 1.54) is 18.3 Å². The van der Waals surface area contributed by atoms with Crippen LogP contribution in [-0.4, -0.2) is 147 Å². The third-order valence-corrected chi connectivity index (χ3v) is 8.23. The van der Waals surface area contributed by atoms with Crippen molar-refractivity contribution in [3.63, 3.8) is 0 Å². The molecule has 3 rings (SSSR count). The van der Waals surface area contributed by atoms with Gasteiger partial charge in [0.25, 0.3) is 5.69 Å². The lowest BCUT2D eigenvalue weighted by Crippen LogP contribution is -2.49. The molecule has 48 heavy (non-hydrogen) atoms. The monoisotopic (exact) mass is 671 g/mol. The van der Waals surface area contributed by atoms with E-state index < -0.39 is 28.9 Å². The Morgan fingerprint density at radius 2 is 1.44 bits per heavy atom. The largest absolute Gasteiger partial charge is 0.480 e. The number of carboxylic acids is 3. The van der Waals surface area contributed by atoms with E-state index in [1.807, 2.05) is 0 Å². The number of benzene rings is 1. The molecule has 0 radical (unpaired) electrons. The van der Waals surface area contributed by atoms with Gasteiger partial charge in [0.2, 0.25) is 0 Å². The molecule has 0 bridgehead atoms. The van der Waals surface area contributed by atoms with Gasteiger partial charge in [-0.1, -0.05) is 12.1 Å². The molecule has 1 aromatic carbocycles. The van der Waals surface area contributed by atoms with E-state index in [0.29, 0.717) is 82.9 Å². The van der Waals surface area contributed by atoms with Crippen molar-refractivity contribution in [3.05, 3.63) is 69.5 Å². The zero-order valence-electron chi connectivity index (χ0n) is 27.0.